The van der Waals surface area contributed by atoms with Crippen molar-refractivity contribution in [3.8, 4) is 34.3 Å². The molecule has 0 fully saturated rings. The Balaban J connectivity index is 1.88. The molecule has 0 aliphatic rings. The van der Waals surface area contributed by atoms with Crippen LogP contribution in [-0.2, 0) is 6.54 Å². The van der Waals surface area contributed by atoms with Gasteiger partial charge in [-0.3, -0.25) is 0 Å². The van der Waals surface area contributed by atoms with Gasteiger partial charge in [0.25, 0.3) is 0 Å². The minimum absolute atomic E-state index is 0.532. The molecule has 0 unspecified atom stereocenters. The molecule has 2 N–H and O–H groups in total. The summed E-state index contributed by atoms with van der Waals surface area (Å²) in [5.74, 6) is 2.30. The van der Waals surface area contributed by atoms with Gasteiger partial charge in [-0.2, -0.15) is 0 Å². The second-order valence-electron chi connectivity index (χ2n) is 5.79. The number of nitrogen functional groups attached to an aromatic ring is 1. The summed E-state index contributed by atoms with van der Waals surface area (Å²) < 4.78 is 23.1. The molecule has 0 saturated carbocycles. The van der Waals surface area contributed by atoms with Crippen LogP contribution in [-0.4, -0.2) is 43.4 Å². The van der Waals surface area contributed by atoms with Crippen molar-refractivity contribution in [2.75, 3.05) is 34.2 Å². The highest BCUT2D eigenvalue weighted by molar-refractivity contribution is 5.68. The first-order valence-corrected chi connectivity index (χ1v) is 8.22. The average molecular weight is 370 g/mol. The third kappa shape index (κ3) is 3.74. The maximum Gasteiger partial charge on any atom is 0.203 e. The Morgan fingerprint density at radius 2 is 1.56 bits per heavy atom. The fraction of sp³-hybridized carbons (Fsp3) is 0.263. The highest BCUT2D eigenvalue weighted by Crippen LogP contribution is 2.40. The smallest absolute Gasteiger partial charge is 0.203 e. The number of anilines is 1. The van der Waals surface area contributed by atoms with Crippen LogP contribution < -0.4 is 24.7 Å². The van der Waals surface area contributed by atoms with E-state index in [9.17, 15) is 0 Å². The van der Waals surface area contributed by atoms with Gasteiger partial charge in [-0.05, 0) is 29.8 Å². The number of methoxy groups -OCH3 is 4. The number of hydrogen-bond donors (Lipinski definition) is 1. The predicted molar refractivity (Wildman–Crippen MR) is 102 cm³/mol. The first-order chi connectivity index (χ1) is 13.1. The van der Waals surface area contributed by atoms with Crippen LogP contribution in [0.25, 0.3) is 11.3 Å². The summed E-state index contributed by atoms with van der Waals surface area (Å²) in [6, 6.07) is 9.31. The lowest BCUT2D eigenvalue weighted by atomic mass is 10.1. The Kier molecular flexibility index (Phi) is 5.35. The summed E-state index contributed by atoms with van der Waals surface area (Å²) in [6.07, 6.45) is 1.85. The minimum Gasteiger partial charge on any atom is -0.495 e. The molecular formula is C19H22N4O4. The van der Waals surface area contributed by atoms with Gasteiger partial charge in [0.15, 0.2) is 11.5 Å². The molecule has 0 bridgehead atoms. The molecule has 0 radical (unpaired) electrons. The van der Waals surface area contributed by atoms with Crippen molar-refractivity contribution in [3.63, 3.8) is 0 Å². The van der Waals surface area contributed by atoms with Crippen LogP contribution in [0.2, 0.25) is 0 Å². The van der Waals surface area contributed by atoms with E-state index in [0.29, 0.717) is 40.9 Å². The summed E-state index contributed by atoms with van der Waals surface area (Å²) in [5.41, 5.74) is 9.04. The zero-order valence-corrected chi connectivity index (χ0v) is 15.7. The van der Waals surface area contributed by atoms with Gasteiger partial charge in [0.05, 0.1) is 46.9 Å². The largest absolute Gasteiger partial charge is 0.495 e. The number of rotatable bonds is 7. The van der Waals surface area contributed by atoms with Crippen molar-refractivity contribution in [1.82, 2.24) is 15.0 Å². The molecule has 0 saturated heterocycles. The highest BCUT2D eigenvalue weighted by Gasteiger charge is 2.16. The molecular weight excluding hydrogens is 348 g/mol. The molecule has 142 valence electrons. The molecule has 3 rings (SSSR count). The Hall–Kier alpha value is -3.42. The third-order valence-corrected chi connectivity index (χ3v) is 4.14. The van der Waals surface area contributed by atoms with Crippen LogP contribution in [0.1, 0.15) is 5.56 Å². The molecule has 1 heterocycles. The zero-order chi connectivity index (χ0) is 19.4. The number of hydrogen-bond acceptors (Lipinski definition) is 7. The molecule has 0 aliphatic heterocycles. The van der Waals surface area contributed by atoms with Crippen LogP contribution in [0.5, 0.6) is 23.0 Å². The standard InChI is InChI=1S/C19H22N4O4/c1-24-16-6-5-12(7-14(16)20)10-23-11-15(21-22-23)13-8-17(25-2)19(27-4)18(9-13)26-3/h5-9,11H,10,20H2,1-4H3. The van der Waals surface area contributed by atoms with Crippen molar-refractivity contribution in [1.29, 1.82) is 0 Å². The van der Waals surface area contributed by atoms with Gasteiger partial charge in [0.2, 0.25) is 5.75 Å². The molecule has 0 atom stereocenters. The number of ether oxygens (including phenoxy) is 4. The van der Waals surface area contributed by atoms with Gasteiger partial charge >= 0.3 is 0 Å². The van der Waals surface area contributed by atoms with E-state index >= 15 is 0 Å². The quantitative estimate of drug-likeness (QED) is 0.639. The fourth-order valence-electron chi connectivity index (χ4n) is 2.81. The van der Waals surface area contributed by atoms with E-state index in [1.807, 2.05) is 36.5 Å². The summed E-state index contributed by atoms with van der Waals surface area (Å²) in [5, 5.41) is 8.45. The minimum atomic E-state index is 0.532. The Morgan fingerprint density at radius 3 is 2.11 bits per heavy atom. The van der Waals surface area contributed by atoms with Crippen molar-refractivity contribution in [2.45, 2.75) is 6.54 Å². The zero-order valence-electron chi connectivity index (χ0n) is 15.7. The van der Waals surface area contributed by atoms with Crippen LogP contribution in [0.15, 0.2) is 36.5 Å². The molecule has 0 aliphatic carbocycles. The van der Waals surface area contributed by atoms with Gasteiger partial charge < -0.3 is 24.7 Å². The van der Waals surface area contributed by atoms with E-state index in [-0.39, 0.29) is 0 Å². The summed E-state index contributed by atoms with van der Waals surface area (Å²) >= 11 is 0. The van der Waals surface area contributed by atoms with Crippen molar-refractivity contribution in [3.05, 3.63) is 42.1 Å². The number of benzene rings is 2. The molecule has 3 aromatic rings. The average Bonchev–Trinajstić information content (AvgIpc) is 3.15. The molecule has 2 aromatic carbocycles. The SMILES string of the molecule is COc1ccc(Cn2cc(-c3cc(OC)c(OC)c(OC)c3)nn2)cc1N. The lowest BCUT2D eigenvalue weighted by Gasteiger charge is -2.13. The summed E-state index contributed by atoms with van der Waals surface area (Å²) in [6.45, 7) is 0.533. The first-order valence-electron chi connectivity index (χ1n) is 8.22. The first kappa shape index (κ1) is 18.4. The van der Waals surface area contributed by atoms with Gasteiger partial charge in [-0.1, -0.05) is 11.3 Å². The number of nitrogens with zero attached hydrogens (tertiary/aromatic N) is 3. The Bertz CT molecular complexity index is 914. The second kappa shape index (κ2) is 7.86. The van der Waals surface area contributed by atoms with E-state index < -0.39 is 0 Å². The van der Waals surface area contributed by atoms with E-state index in [1.54, 1.807) is 33.1 Å². The normalized spacial score (nSPS) is 10.5. The molecule has 0 spiro atoms. The topological polar surface area (TPSA) is 93.7 Å². The monoisotopic (exact) mass is 370 g/mol. The predicted octanol–water partition coefficient (Wildman–Crippen LogP) is 2.61. The molecule has 1 aromatic heterocycles. The number of nitrogens with two attached hydrogens (primary N) is 1. The van der Waals surface area contributed by atoms with Crippen molar-refractivity contribution >= 4 is 5.69 Å². The number of aromatic nitrogens is 3. The van der Waals surface area contributed by atoms with Crippen molar-refractivity contribution in [2.24, 2.45) is 0 Å². The molecule has 8 nitrogen and oxygen atoms in total. The van der Waals surface area contributed by atoms with Gasteiger partial charge in [0.1, 0.15) is 11.4 Å². The lowest BCUT2D eigenvalue weighted by molar-refractivity contribution is 0.324. The van der Waals surface area contributed by atoms with Crippen molar-refractivity contribution < 1.29 is 18.9 Å². The maximum atomic E-state index is 5.96. The maximum absolute atomic E-state index is 5.96. The summed E-state index contributed by atoms with van der Waals surface area (Å²) in [4.78, 5) is 0. The highest BCUT2D eigenvalue weighted by atomic mass is 16.5. The molecule has 27 heavy (non-hydrogen) atoms. The van der Waals surface area contributed by atoms with Crippen LogP contribution in [0.4, 0.5) is 5.69 Å². The van der Waals surface area contributed by atoms with Gasteiger partial charge in [-0.15, -0.1) is 5.10 Å². The van der Waals surface area contributed by atoms with Crippen LogP contribution in [0, 0.1) is 0 Å². The Labute approximate surface area is 157 Å². The second-order valence-corrected chi connectivity index (χ2v) is 5.79. The molecule has 8 heteroatoms. The lowest BCUT2D eigenvalue weighted by Crippen LogP contribution is -2.02. The Morgan fingerprint density at radius 1 is 0.889 bits per heavy atom. The fourth-order valence-corrected chi connectivity index (χ4v) is 2.81. The third-order valence-electron chi connectivity index (χ3n) is 4.14. The van der Waals surface area contributed by atoms with E-state index in [0.717, 1.165) is 11.1 Å². The van der Waals surface area contributed by atoms with E-state index in [2.05, 4.69) is 10.3 Å². The van der Waals surface area contributed by atoms with E-state index in [4.69, 9.17) is 24.7 Å². The summed E-state index contributed by atoms with van der Waals surface area (Å²) in [7, 11) is 6.31. The molecule has 0 amide bonds. The van der Waals surface area contributed by atoms with E-state index in [1.165, 1.54) is 0 Å². The van der Waals surface area contributed by atoms with Gasteiger partial charge in [0, 0.05) is 5.56 Å². The van der Waals surface area contributed by atoms with Gasteiger partial charge in [-0.25, -0.2) is 4.68 Å². The van der Waals surface area contributed by atoms with Crippen LogP contribution in [0.3, 0.4) is 0 Å². The van der Waals surface area contributed by atoms with Crippen LogP contribution >= 0.6 is 0 Å².